The summed E-state index contributed by atoms with van der Waals surface area (Å²) in [6.07, 6.45) is 1.30. The molecule has 0 aliphatic carbocycles. The molecule has 0 aliphatic heterocycles. The van der Waals surface area contributed by atoms with E-state index in [-0.39, 0.29) is 13.2 Å². The van der Waals surface area contributed by atoms with Crippen LogP contribution in [0.3, 0.4) is 0 Å². The monoisotopic (exact) mass is 596 g/mol. The van der Waals surface area contributed by atoms with E-state index in [9.17, 15) is 9.59 Å². The molecule has 2 amide bonds. The summed E-state index contributed by atoms with van der Waals surface area (Å²) in [6.45, 7) is 1.67. The molecule has 2 aromatic carbocycles. The highest BCUT2D eigenvalue weighted by Gasteiger charge is 2.20. The summed E-state index contributed by atoms with van der Waals surface area (Å²) in [6, 6.07) is 17.2. The van der Waals surface area contributed by atoms with E-state index in [1.54, 1.807) is 34.1 Å². The molecule has 10 nitrogen and oxygen atoms in total. The maximum absolute atomic E-state index is 13.2. The van der Waals surface area contributed by atoms with Crippen LogP contribution in [0.2, 0.25) is 0 Å². The first kappa shape index (κ1) is 29.8. The number of carbonyl (C=O) groups is 2. The van der Waals surface area contributed by atoms with Gasteiger partial charge < -0.3 is 28.7 Å². The van der Waals surface area contributed by atoms with Crippen LogP contribution in [-0.2, 0) is 35.8 Å². The molecule has 2 aromatic heterocycles. The Kier molecular flexibility index (Phi) is 11.3. The highest BCUT2D eigenvalue weighted by molar-refractivity contribution is 7.10. The minimum absolute atomic E-state index is 0.0514. The van der Waals surface area contributed by atoms with Crippen molar-refractivity contribution in [3.63, 3.8) is 0 Å². The molecule has 2 heterocycles. The van der Waals surface area contributed by atoms with Crippen molar-refractivity contribution in [1.82, 2.24) is 19.8 Å². The van der Waals surface area contributed by atoms with Crippen LogP contribution in [0.4, 0.5) is 9.59 Å². The van der Waals surface area contributed by atoms with Crippen molar-refractivity contribution in [2.24, 2.45) is 0 Å². The summed E-state index contributed by atoms with van der Waals surface area (Å²) >= 11 is 2.79. The second kappa shape index (κ2) is 15.6. The average Bonchev–Trinajstić information content (AvgIpc) is 3.70. The number of rotatable bonds is 14. The minimum atomic E-state index is -0.473. The Balaban J connectivity index is 1.41. The number of hydrogen-bond acceptors (Lipinski definition) is 10. The van der Waals surface area contributed by atoms with Gasteiger partial charge in [-0.2, -0.15) is 0 Å². The Morgan fingerprint density at radius 3 is 2.05 bits per heavy atom. The molecule has 41 heavy (non-hydrogen) atoms. The van der Waals surface area contributed by atoms with Gasteiger partial charge in [0.05, 0.1) is 30.1 Å². The number of ether oxygens (including phenoxy) is 4. The third-order valence-corrected chi connectivity index (χ3v) is 7.61. The zero-order chi connectivity index (χ0) is 28.9. The summed E-state index contributed by atoms with van der Waals surface area (Å²) in [5, 5.41) is 0. The van der Waals surface area contributed by atoms with Crippen LogP contribution in [0, 0.1) is 0 Å². The first-order chi connectivity index (χ1) is 20.1. The largest absolute Gasteiger partial charge is 0.497 e. The van der Waals surface area contributed by atoms with Crippen LogP contribution in [0.1, 0.15) is 27.3 Å². The lowest BCUT2D eigenvalue weighted by molar-refractivity contribution is 0.0847. The maximum atomic E-state index is 13.2. The van der Waals surface area contributed by atoms with Crippen molar-refractivity contribution in [2.75, 3.05) is 27.3 Å². The van der Waals surface area contributed by atoms with Gasteiger partial charge in [0.15, 0.2) is 0 Å². The molecule has 0 radical (unpaired) electrons. The molecule has 0 saturated heterocycles. The van der Waals surface area contributed by atoms with E-state index in [1.807, 2.05) is 54.6 Å². The van der Waals surface area contributed by atoms with E-state index < -0.39 is 12.2 Å². The quantitative estimate of drug-likeness (QED) is 0.175. The predicted octanol–water partition coefficient (Wildman–Crippen LogP) is 5.98. The van der Waals surface area contributed by atoms with E-state index in [0.29, 0.717) is 38.5 Å². The molecule has 0 N–H and O–H groups in total. The lowest BCUT2D eigenvalue weighted by Gasteiger charge is -2.26. The molecule has 0 spiro atoms. The maximum Gasteiger partial charge on any atom is 0.410 e. The third-order valence-electron chi connectivity index (χ3n) is 6.07. The fourth-order valence-corrected chi connectivity index (χ4v) is 5.10. The van der Waals surface area contributed by atoms with Gasteiger partial charge in [0.25, 0.3) is 0 Å². The van der Waals surface area contributed by atoms with Gasteiger partial charge in [-0.15, -0.1) is 22.7 Å². The molecule has 0 bridgehead atoms. The molecule has 12 heteroatoms. The van der Waals surface area contributed by atoms with Crippen LogP contribution in [0.15, 0.2) is 71.8 Å². The summed E-state index contributed by atoms with van der Waals surface area (Å²) < 4.78 is 21.7. The van der Waals surface area contributed by atoms with Gasteiger partial charge in [0, 0.05) is 32.4 Å². The molecule has 0 unspecified atom stereocenters. The molecule has 4 rings (SSSR count). The van der Waals surface area contributed by atoms with Crippen LogP contribution in [-0.4, -0.2) is 59.3 Å². The molecule has 216 valence electrons. The number of methoxy groups -OCH3 is 2. The van der Waals surface area contributed by atoms with Crippen molar-refractivity contribution in [2.45, 2.75) is 32.7 Å². The summed E-state index contributed by atoms with van der Waals surface area (Å²) in [5.41, 5.74) is 5.25. The Bertz CT molecular complexity index is 1350. The number of thiazole rings is 2. The fourth-order valence-electron chi connectivity index (χ4n) is 3.96. The first-order valence-electron chi connectivity index (χ1n) is 12.9. The molecule has 0 saturated carbocycles. The van der Waals surface area contributed by atoms with E-state index in [1.165, 1.54) is 29.8 Å². The normalized spacial score (nSPS) is 10.6. The van der Waals surface area contributed by atoms with E-state index >= 15 is 0 Å². The Labute approximate surface area is 247 Å². The predicted molar refractivity (Wildman–Crippen MR) is 156 cm³/mol. The highest BCUT2D eigenvalue weighted by Crippen LogP contribution is 2.22. The molecule has 4 aromatic rings. The average molecular weight is 597 g/mol. The Hall–Kier alpha value is -4.16. The number of benzene rings is 2. The van der Waals surface area contributed by atoms with Crippen molar-refractivity contribution in [3.05, 3.63) is 92.7 Å². The van der Waals surface area contributed by atoms with Crippen molar-refractivity contribution >= 4 is 34.9 Å². The Morgan fingerprint density at radius 1 is 0.780 bits per heavy atom. The standard InChI is InChI=1S/C29H32N4O6S2/c1-36-24-11-9-23(10-12-24)17-33(29(35)39-19-26-27(37-2)31-21-41-26)14-6-13-32(16-22-7-4-3-5-8-22)28(34)38-18-25-15-30-20-40-25/h3-5,7-12,15,20-21H,6,13-14,16-19H2,1-2H3. The number of carbonyl (C=O) groups excluding carboxylic acids is 2. The van der Waals surface area contributed by atoms with Gasteiger partial charge in [-0.1, -0.05) is 42.5 Å². The van der Waals surface area contributed by atoms with Crippen LogP contribution >= 0.6 is 22.7 Å². The lowest BCUT2D eigenvalue weighted by atomic mass is 10.2. The van der Waals surface area contributed by atoms with Gasteiger partial charge >= 0.3 is 12.2 Å². The number of nitrogens with zero attached hydrogens (tertiary/aromatic N) is 4. The van der Waals surface area contributed by atoms with Crippen LogP contribution in [0.25, 0.3) is 0 Å². The lowest BCUT2D eigenvalue weighted by Crippen LogP contribution is -2.36. The summed E-state index contributed by atoms with van der Waals surface area (Å²) in [5.74, 6) is 1.17. The van der Waals surface area contributed by atoms with E-state index in [0.717, 1.165) is 26.6 Å². The smallest absolute Gasteiger partial charge is 0.410 e. The number of hydrogen-bond donors (Lipinski definition) is 0. The minimum Gasteiger partial charge on any atom is -0.497 e. The van der Waals surface area contributed by atoms with Gasteiger partial charge in [-0.3, -0.25) is 4.98 Å². The van der Waals surface area contributed by atoms with Crippen molar-refractivity contribution < 1.29 is 28.5 Å². The van der Waals surface area contributed by atoms with Gasteiger partial charge in [0.2, 0.25) is 5.88 Å². The van der Waals surface area contributed by atoms with Crippen molar-refractivity contribution in [1.29, 1.82) is 0 Å². The van der Waals surface area contributed by atoms with Crippen LogP contribution in [0.5, 0.6) is 11.6 Å². The fraction of sp³-hybridized carbons (Fsp3) is 0.310. The van der Waals surface area contributed by atoms with E-state index in [4.69, 9.17) is 18.9 Å². The topological polar surface area (TPSA) is 103 Å². The second-order valence-electron chi connectivity index (χ2n) is 8.89. The molecule has 0 aliphatic rings. The number of amides is 2. The molecule has 0 atom stereocenters. The molecule has 0 fully saturated rings. The zero-order valence-corrected chi connectivity index (χ0v) is 24.6. The van der Waals surface area contributed by atoms with Gasteiger partial charge in [-0.25, -0.2) is 14.6 Å². The summed E-state index contributed by atoms with van der Waals surface area (Å²) in [4.78, 5) is 39.3. The second-order valence-corrected chi connectivity index (χ2v) is 10.8. The SMILES string of the molecule is COc1ccc(CN(CCCN(Cc2ccccc2)C(=O)OCc2cncs2)C(=O)OCc2scnc2OC)cc1. The molecular weight excluding hydrogens is 564 g/mol. The summed E-state index contributed by atoms with van der Waals surface area (Å²) in [7, 11) is 3.13. The third kappa shape index (κ3) is 9.19. The van der Waals surface area contributed by atoms with Gasteiger partial charge in [-0.05, 0) is 29.7 Å². The number of aromatic nitrogens is 2. The highest BCUT2D eigenvalue weighted by atomic mass is 32.1. The molecular formula is C29H32N4O6S2. The Morgan fingerprint density at radius 2 is 1.44 bits per heavy atom. The van der Waals surface area contributed by atoms with E-state index in [2.05, 4.69) is 9.97 Å². The zero-order valence-electron chi connectivity index (χ0n) is 22.9. The first-order valence-corrected chi connectivity index (χ1v) is 14.7. The van der Waals surface area contributed by atoms with Gasteiger partial charge in [0.1, 0.15) is 23.8 Å². The van der Waals surface area contributed by atoms with Crippen LogP contribution < -0.4 is 9.47 Å². The van der Waals surface area contributed by atoms with Crippen molar-refractivity contribution in [3.8, 4) is 11.6 Å².